The van der Waals surface area contributed by atoms with Gasteiger partial charge in [-0.05, 0) is 98.0 Å². The van der Waals surface area contributed by atoms with E-state index in [0.717, 1.165) is 18.4 Å². The van der Waals surface area contributed by atoms with E-state index in [0.29, 0.717) is 28.5 Å². The summed E-state index contributed by atoms with van der Waals surface area (Å²) < 4.78 is 28.5. The molecule has 0 spiro atoms. The molecule has 1 fully saturated rings. The predicted molar refractivity (Wildman–Crippen MR) is 124 cm³/mol. The third kappa shape index (κ3) is 4.42. The van der Waals surface area contributed by atoms with Crippen LogP contribution in [0.4, 0.5) is 5.69 Å². The number of sulfonamides is 1. The van der Waals surface area contributed by atoms with Crippen LogP contribution in [0, 0.1) is 5.92 Å². The number of likely N-dealkylation sites (tertiary alicyclic amines) is 1. The fraction of sp³-hybridized carbons (Fsp3) is 0.520. The van der Waals surface area contributed by atoms with E-state index < -0.39 is 10.0 Å². The Balaban J connectivity index is 1.52. The van der Waals surface area contributed by atoms with Crippen LogP contribution in [-0.2, 0) is 22.9 Å². The minimum Gasteiger partial charge on any atom is -0.300 e. The van der Waals surface area contributed by atoms with Gasteiger partial charge in [0.25, 0.3) is 10.0 Å². The molecule has 0 saturated carbocycles. The molecule has 1 saturated heterocycles. The summed E-state index contributed by atoms with van der Waals surface area (Å²) in [7, 11) is -3.58. The van der Waals surface area contributed by atoms with Gasteiger partial charge in [0.2, 0.25) is 0 Å². The third-order valence-corrected chi connectivity index (χ3v) is 8.17. The number of piperidine rings is 1. The highest BCUT2D eigenvalue weighted by molar-refractivity contribution is 7.92. The van der Waals surface area contributed by atoms with Crippen molar-refractivity contribution in [3.63, 3.8) is 0 Å². The largest absolute Gasteiger partial charge is 0.300 e. The number of hydrogen-bond acceptors (Lipinski definition) is 3. The summed E-state index contributed by atoms with van der Waals surface area (Å²) in [5.74, 6) is 1.07. The van der Waals surface area contributed by atoms with Gasteiger partial charge >= 0.3 is 0 Å². The quantitative estimate of drug-likeness (QED) is 0.691. The highest BCUT2D eigenvalue weighted by Crippen LogP contribution is 2.36. The van der Waals surface area contributed by atoms with Gasteiger partial charge in [0, 0.05) is 11.7 Å². The van der Waals surface area contributed by atoms with Crippen molar-refractivity contribution in [2.45, 2.75) is 69.7 Å². The number of fused-ring (bicyclic) bond motifs is 2. The molecule has 2 aromatic rings. The lowest BCUT2D eigenvalue weighted by molar-refractivity contribution is 0.0855. The first-order chi connectivity index (χ1) is 14.4. The molecule has 5 heteroatoms. The van der Waals surface area contributed by atoms with Crippen molar-refractivity contribution in [2.24, 2.45) is 5.92 Å². The van der Waals surface area contributed by atoms with E-state index in [1.165, 1.54) is 43.5 Å². The third-order valence-electron chi connectivity index (χ3n) is 6.77. The molecule has 0 bridgehead atoms. The van der Waals surface area contributed by atoms with Crippen LogP contribution in [0.15, 0.2) is 47.4 Å². The Bertz CT molecular complexity index is 981. The second-order valence-corrected chi connectivity index (χ2v) is 10.9. The number of anilines is 1. The summed E-state index contributed by atoms with van der Waals surface area (Å²) in [5.41, 5.74) is 4.50. The van der Waals surface area contributed by atoms with Crippen LogP contribution < -0.4 is 4.72 Å². The monoisotopic (exact) mass is 426 g/mol. The molecule has 2 aliphatic rings. The van der Waals surface area contributed by atoms with Crippen molar-refractivity contribution in [1.29, 1.82) is 0 Å². The van der Waals surface area contributed by atoms with E-state index in [-0.39, 0.29) is 0 Å². The fourth-order valence-electron chi connectivity index (χ4n) is 5.14. The van der Waals surface area contributed by atoms with Crippen LogP contribution in [0.25, 0.3) is 0 Å². The molecule has 0 amide bonds. The second-order valence-electron chi connectivity index (χ2n) is 9.23. The van der Waals surface area contributed by atoms with Gasteiger partial charge in [0.1, 0.15) is 0 Å². The number of hydrogen-bond donors (Lipinski definition) is 1. The van der Waals surface area contributed by atoms with Crippen LogP contribution in [0.3, 0.4) is 0 Å². The SMILES string of the molecule is CCCN1CCC[C@@H]2Cc3cc(NS(=O)(=O)c4ccc(C(C)C)cc4)ccc3C[C@H]21. The Morgan fingerprint density at radius 3 is 2.53 bits per heavy atom. The van der Waals surface area contributed by atoms with E-state index in [1.54, 1.807) is 12.1 Å². The molecular formula is C25H34N2O2S. The summed E-state index contributed by atoms with van der Waals surface area (Å²) in [6, 6.07) is 14.0. The van der Waals surface area contributed by atoms with Crippen LogP contribution >= 0.6 is 0 Å². The van der Waals surface area contributed by atoms with Gasteiger partial charge in [-0.2, -0.15) is 0 Å². The minimum atomic E-state index is -3.58. The van der Waals surface area contributed by atoms with E-state index in [2.05, 4.69) is 42.5 Å². The van der Waals surface area contributed by atoms with Crippen molar-refractivity contribution in [2.75, 3.05) is 17.8 Å². The first-order valence-corrected chi connectivity index (χ1v) is 12.8. The first kappa shape index (κ1) is 21.4. The van der Waals surface area contributed by atoms with Gasteiger partial charge < -0.3 is 0 Å². The summed E-state index contributed by atoms with van der Waals surface area (Å²) in [5, 5.41) is 0. The number of benzene rings is 2. The number of nitrogens with zero attached hydrogens (tertiary/aromatic N) is 1. The standard InChI is InChI=1S/C25H34N2O2S/c1-4-13-27-14-5-6-21-15-22-16-23(10-7-20(22)17-25(21)27)26-30(28,29)24-11-8-19(9-12-24)18(2)3/h7-12,16,18,21,25-26H,4-6,13-15,17H2,1-3H3/t21-,25-/m1/s1. The van der Waals surface area contributed by atoms with Crippen molar-refractivity contribution >= 4 is 15.7 Å². The first-order valence-electron chi connectivity index (χ1n) is 11.4. The maximum atomic E-state index is 12.9. The maximum absolute atomic E-state index is 12.9. The smallest absolute Gasteiger partial charge is 0.261 e. The van der Waals surface area contributed by atoms with Gasteiger partial charge in [-0.25, -0.2) is 8.42 Å². The van der Waals surface area contributed by atoms with Crippen LogP contribution in [0.2, 0.25) is 0 Å². The molecule has 162 valence electrons. The predicted octanol–water partition coefficient (Wildman–Crippen LogP) is 5.20. The van der Waals surface area contributed by atoms with Gasteiger partial charge in [-0.15, -0.1) is 0 Å². The summed E-state index contributed by atoms with van der Waals surface area (Å²) in [4.78, 5) is 2.99. The zero-order valence-corrected chi connectivity index (χ0v) is 19.2. The molecule has 0 unspecified atom stereocenters. The molecule has 1 N–H and O–H groups in total. The molecule has 1 aliphatic carbocycles. The number of rotatable bonds is 6. The Kier molecular flexibility index (Phi) is 6.21. The van der Waals surface area contributed by atoms with E-state index in [1.807, 2.05) is 18.2 Å². The molecule has 1 aliphatic heterocycles. The van der Waals surface area contributed by atoms with E-state index >= 15 is 0 Å². The van der Waals surface area contributed by atoms with E-state index in [4.69, 9.17) is 0 Å². The van der Waals surface area contributed by atoms with Crippen molar-refractivity contribution < 1.29 is 8.42 Å². The van der Waals surface area contributed by atoms with Crippen LogP contribution in [-0.4, -0.2) is 32.4 Å². The lowest BCUT2D eigenvalue weighted by Crippen LogP contribution is -2.49. The molecule has 0 aromatic heterocycles. The lowest BCUT2D eigenvalue weighted by atomic mass is 9.75. The van der Waals surface area contributed by atoms with Gasteiger partial charge in [0.15, 0.2) is 0 Å². The molecule has 4 rings (SSSR count). The molecule has 2 atom stereocenters. The maximum Gasteiger partial charge on any atom is 0.261 e. The Morgan fingerprint density at radius 1 is 1.07 bits per heavy atom. The van der Waals surface area contributed by atoms with Gasteiger partial charge in [-0.1, -0.05) is 39.0 Å². The second kappa shape index (κ2) is 8.72. The average Bonchev–Trinajstić information content (AvgIpc) is 2.72. The Morgan fingerprint density at radius 2 is 1.83 bits per heavy atom. The van der Waals surface area contributed by atoms with Crippen molar-refractivity contribution in [3.8, 4) is 0 Å². The molecule has 0 radical (unpaired) electrons. The Hall–Kier alpha value is -1.85. The summed E-state index contributed by atoms with van der Waals surface area (Å²) in [6.45, 7) is 8.87. The summed E-state index contributed by atoms with van der Waals surface area (Å²) >= 11 is 0. The lowest BCUT2D eigenvalue weighted by Gasteiger charge is -2.44. The van der Waals surface area contributed by atoms with Crippen LogP contribution in [0.5, 0.6) is 0 Å². The highest BCUT2D eigenvalue weighted by Gasteiger charge is 2.35. The molecule has 2 aromatic carbocycles. The van der Waals surface area contributed by atoms with E-state index in [9.17, 15) is 8.42 Å². The zero-order valence-electron chi connectivity index (χ0n) is 18.4. The highest BCUT2D eigenvalue weighted by atomic mass is 32.2. The topological polar surface area (TPSA) is 49.4 Å². The van der Waals surface area contributed by atoms with Gasteiger partial charge in [0.05, 0.1) is 4.90 Å². The summed E-state index contributed by atoms with van der Waals surface area (Å²) in [6.07, 6.45) is 5.90. The van der Waals surface area contributed by atoms with Crippen molar-refractivity contribution in [3.05, 3.63) is 59.2 Å². The Labute approximate surface area is 181 Å². The zero-order chi connectivity index (χ0) is 21.3. The number of nitrogens with one attached hydrogen (secondary N) is 1. The molecular weight excluding hydrogens is 392 g/mol. The fourth-order valence-corrected chi connectivity index (χ4v) is 6.19. The molecule has 30 heavy (non-hydrogen) atoms. The average molecular weight is 427 g/mol. The molecule has 1 heterocycles. The minimum absolute atomic E-state index is 0.312. The van der Waals surface area contributed by atoms with Crippen molar-refractivity contribution in [1.82, 2.24) is 4.90 Å². The van der Waals surface area contributed by atoms with Gasteiger partial charge in [-0.3, -0.25) is 9.62 Å². The molecule has 4 nitrogen and oxygen atoms in total. The van der Waals surface area contributed by atoms with Crippen LogP contribution in [0.1, 0.15) is 62.6 Å². The normalized spacial score (nSPS) is 21.9.